The van der Waals surface area contributed by atoms with Crippen molar-refractivity contribution in [2.75, 3.05) is 51.7 Å². The van der Waals surface area contributed by atoms with Crippen LogP contribution >= 0.6 is 0 Å². The molecule has 0 radical (unpaired) electrons. The van der Waals surface area contributed by atoms with Crippen LogP contribution in [0.3, 0.4) is 0 Å². The zero-order valence-electron chi connectivity index (χ0n) is 18.9. The van der Waals surface area contributed by atoms with E-state index in [2.05, 4.69) is 10.8 Å². The van der Waals surface area contributed by atoms with Crippen LogP contribution in [0.15, 0.2) is 18.2 Å². The van der Waals surface area contributed by atoms with Crippen LogP contribution in [-0.2, 0) is 33.4 Å². The van der Waals surface area contributed by atoms with Gasteiger partial charge < -0.3 is 19.3 Å². The van der Waals surface area contributed by atoms with Crippen LogP contribution in [0.4, 0.5) is 5.69 Å². The van der Waals surface area contributed by atoms with Gasteiger partial charge in [-0.15, -0.1) is 0 Å². The van der Waals surface area contributed by atoms with Gasteiger partial charge in [0.05, 0.1) is 69.5 Å². The first-order valence-corrected chi connectivity index (χ1v) is 11.1. The number of benzene rings is 1. The molecule has 1 aromatic rings. The average Bonchev–Trinajstić information content (AvgIpc) is 3.07. The van der Waals surface area contributed by atoms with E-state index < -0.39 is 35.6 Å². The Morgan fingerprint density at radius 2 is 1.63 bits per heavy atom. The van der Waals surface area contributed by atoms with E-state index in [0.29, 0.717) is 26.4 Å². The van der Waals surface area contributed by atoms with Crippen molar-refractivity contribution in [1.82, 2.24) is 10.2 Å². The third-order valence-electron chi connectivity index (χ3n) is 5.18. The van der Waals surface area contributed by atoms with Gasteiger partial charge in [0.1, 0.15) is 6.04 Å². The fourth-order valence-electron chi connectivity index (χ4n) is 3.53. The van der Waals surface area contributed by atoms with Gasteiger partial charge in [-0.1, -0.05) is 6.07 Å². The molecule has 1 fully saturated rings. The first-order valence-electron chi connectivity index (χ1n) is 11.1. The molecule has 0 spiro atoms. The van der Waals surface area contributed by atoms with Gasteiger partial charge >= 0.3 is 5.97 Å². The minimum Gasteiger partial charge on any atom is -0.481 e. The summed E-state index contributed by atoms with van der Waals surface area (Å²) in [6, 6.07) is 3.61. The van der Waals surface area contributed by atoms with Crippen LogP contribution in [0.1, 0.15) is 40.0 Å². The van der Waals surface area contributed by atoms with Crippen molar-refractivity contribution in [2.45, 2.75) is 25.3 Å². The summed E-state index contributed by atoms with van der Waals surface area (Å²) in [6.45, 7) is 1.77. The predicted octanol–water partition coefficient (Wildman–Crippen LogP) is -0.0442. The Balaban J connectivity index is 1.36. The van der Waals surface area contributed by atoms with Crippen molar-refractivity contribution in [3.63, 3.8) is 0 Å². The highest BCUT2D eigenvalue weighted by Gasteiger charge is 2.45. The number of nitrogens with zero attached hydrogens (tertiary/aromatic N) is 1. The first-order chi connectivity index (χ1) is 16.9. The van der Waals surface area contributed by atoms with Crippen LogP contribution in [0.2, 0.25) is 0 Å². The fourth-order valence-corrected chi connectivity index (χ4v) is 3.53. The molecular weight excluding hydrogens is 466 g/mol. The number of carboxylic acid groups (broad SMARTS) is 1. The topological polar surface area (TPSA) is 170 Å². The largest absolute Gasteiger partial charge is 0.481 e. The lowest BCUT2D eigenvalue weighted by Gasteiger charge is -2.27. The molecule has 1 atom stereocenters. The van der Waals surface area contributed by atoms with Crippen molar-refractivity contribution < 1.29 is 48.1 Å². The van der Waals surface area contributed by atoms with E-state index in [9.17, 15) is 24.0 Å². The van der Waals surface area contributed by atoms with Crippen LogP contribution in [-0.4, -0.2) is 91.9 Å². The van der Waals surface area contributed by atoms with Gasteiger partial charge in [-0.2, -0.15) is 0 Å². The van der Waals surface area contributed by atoms with E-state index in [0.717, 1.165) is 4.90 Å². The van der Waals surface area contributed by atoms with Crippen LogP contribution in [0.5, 0.6) is 0 Å². The Hall–Kier alpha value is -3.39. The lowest BCUT2D eigenvalue weighted by Crippen LogP contribution is -2.54. The Morgan fingerprint density at radius 1 is 0.971 bits per heavy atom. The highest BCUT2D eigenvalue weighted by atomic mass is 16.7. The second-order valence-corrected chi connectivity index (χ2v) is 7.61. The van der Waals surface area contributed by atoms with E-state index in [1.54, 1.807) is 12.1 Å². The molecule has 1 saturated heterocycles. The van der Waals surface area contributed by atoms with Gasteiger partial charge in [-0.05, 0) is 18.6 Å². The normalized spacial score (nSPS) is 17.5. The maximum absolute atomic E-state index is 13.0. The van der Waals surface area contributed by atoms with E-state index in [-0.39, 0.29) is 55.9 Å². The number of nitrogens with one attached hydrogen (secondary N) is 2. The summed E-state index contributed by atoms with van der Waals surface area (Å²) < 4.78 is 15.7. The molecule has 13 heteroatoms. The van der Waals surface area contributed by atoms with Gasteiger partial charge in [0.15, 0.2) is 0 Å². The van der Waals surface area contributed by atoms with Gasteiger partial charge in [0, 0.05) is 6.42 Å². The zero-order chi connectivity index (χ0) is 25.2. The molecule has 4 amide bonds. The van der Waals surface area contributed by atoms with E-state index in [1.165, 1.54) is 6.07 Å². The van der Waals surface area contributed by atoms with E-state index in [4.69, 9.17) is 24.2 Å². The third kappa shape index (κ3) is 7.05. The molecule has 0 aromatic heterocycles. The molecule has 13 nitrogen and oxygen atoms in total. The summed E-state index contributed by atoms with van der Waals surface area (Å²) >= 11 is 0. The van der Waals surface area contributed by atoms with Crippen LogP contribution in [0, 0.1) is 0 Å². The van der Waals surface area contributed by atoms with Crippen molar-refractivity contribution >= 4 is 35.3 Å². The number of rotatable bonds is 15. The van der Waals surface area contributed by atoms with E-state index in [1.807, 2.05) is 0 Å². The van der Waals surface area contributed by atoms with Crippen molar-refractivity contribution in [2.24, 2.45) is 0 Å². The van der Waals surface area contributed by atoms with Crippen molar-refractivity contribution in [3.05, 3.63) is 29.3 Å². The molecule has 0 bridgehead atoms. The summed E-state index contributed by atoms with van der Waals surface area (Å²) in [6.07, 6.45) is 0.0728. The zero-order valence-corrected chi connectivity index (χ0v) is 18.9. The summed E-state index contributed by atoms with van der Waals surface area (Å²) in [5.74, 6) is -3.25. The van der Waals surface area contributed by atoms with Crippen molar-refractivity contribution in [1.29, 1.82) is 0 Å². The van der Waals surface area contributed by atoms with E-state index >= 15 is 0 Å². The van der Waals surface area contributed by atoms with Crippen LogP contribution < -0.4 is 10.8 Å². The number of aliphatic carboxylic acids is 1. The van der Waals surface area contributed by atoms with Gasteiger partial charge in [0.25, 0.3) is 11.8 Å². The lowest BCUT2D eigenvalue weighted by atomic mass is 10.0. The number of hydrogen-bond donors (Lipinski definition) is 3. The number of imide groups is 2. The Bertz CT molecular complexity index is 967. The molecule has 2 heterocycles. The molecule has 0 aliphatic carbocycles. The summed E-state index contributed by atoms with van der Waals surface area (Å²) in [5, 5.41) is 10.6. The number of anilines is 1. The number of carboxylic acids is 1. The first kappa shape index (κ1) is 26.2. The predicted molar refractivity (Wildman–Crippen MR) is 117 cm³/mol. The summed E-state index contributed by atoms with van der Waals surface area (Å²) in [7, 11) is 0. The molecule has 1 unspecified atom stereocenters. The molecule has 3 rings (SSSR count). The molecule has 3 N–H and O–H groups in total. The number of fused-ring (bicyclic) bond motifs is 1. The second kappa shape index (κ2) is 12.9. The number of amides is 4. The number of carbonyl (C=O) groups excluding carboxylic acids is 4. The molecule has 190 valence electrons. The van der Waals surface area contributed by atoms with Gasteiger partial charge in [-0.3, -0.25) is 44.5 Å². The van der Waals surface area contributed by atoms with Crippen molar-refractivity contribution in [3.8, 4) is 0 Å². The summed E-state index contributed by atoms with van der Waals surface area (Å²) in [4.78, 5) is 65.9. The third-order valence-corrected chi connectivity index (χ3v) is 5.18. The standard InChI is InChI=1S/C22H27N3O10/c26-17-5-4-16(20(29)23-17)25-21(30)14-2-1-3-15(19(14)22(25)31)24-35-13-12-34-11-10-33-9-8-32-7-6-18(27)28/h1-3,16,24H,4-13H2,(H,27,28)(H,23,26,29). The molecular formula is C22H27N3O10. The molecule has 0 saturated carbocycles. The quantitative estimate of drug-likeness (QED) is 0.170. The SMILES string of the molecule is O=C(O)CCOCCOCCOCCONc1cccc2c1C(=O)N(C1CCC(=O)NC1=O)C2=O. The fraction of sp³-hybridized carbons (Fsp3) is 0.500. The average molecular weight is 493 g/mol. The number of carbonyl (C=O) groups is 5. The maximum atomic E-state index is 13.0. The summed E-state index contributed by atoms with van der Waals surface area (Å²) in [5.41, 5.74) is 3.18. The molecule has 1 aromatic carbocycles. The Morgan fingerprint density at radius 3 is 2.29 bits per heavy atom. The highest BCUT2D eigenvalue weighted by molar-refractivity contribution is 6.25. The maximum Gasteiger partial charge on any atom is 0.305 e. The number of hydrogen-bond acceptors (Lipinski definition) is 10. The Kier molecular flexibility index (Phi) is 9.66. The molecule has 35 heavy (non-hydrogen) atoms. The smallest absolute Gasteiger partial charge is 0.305 e. The van der Waals surface area contributed by atoms with Gasteiger partial charge in [-0.25, -0.2) is 0 Å². The number of ether oxygens (including phenoxy) is 3. The molecule has 2 aliphatic heterocycles. The number of piperidine rings is 1. The highest BCUT2D eigenvalue weighted by Crippen LogP contribution is 2.32. The minimum atomic E-state index is -1.04. The monoisotopic (exact) mass is 493 g/mol. The lowest BCUT2D eigenvalue weighted by molar-refractivity contribution is -0.138. The minimum absolute atomic E-state index is 0.0453. The van der Waals surface area contributed by atoms with Gasteiger partial charge in [0.2, 0.25) is 11.8 Å². The molecule has 2 aliphatic rings. The van der Waals surface area contributed by atoms with Crippen LogP contribution in [0.25, 0.3) is 0 Å². The second-order valence-electron chi connectivity index (χ2n) is 7.61. The Labute approximate surface area is 200 Å².